The summed E-state index contributed by atoms with van der Waals surface area (Å²) in [6.45, 7) is 6.68. The minimum Gasteiger partial charge on any atom is -0.497 e. The molecule has 1 N–H and O–H groups in total. The molecule has 2 rings (SSSR count). The lowest BCUT2D eigenvalue weighted by molar-refractivity contribution is 0.193. The number of carbonyl (C=O) groups excluding carboxylic acids is 1. The lowest BCUT2D eigenvalue weighted by Gasteiger charge is -2.18. The Bertz CT molecular complexity index is 652. The molecule has 23 heavy (non-hydrogen) atoms. The first kappa shape index (κ1) is 16.5. The average molecular weight is 316 g/mol. The molecule has 0 unspecified atom stereocenters. The Morgan fingerprint density at radius 1 is 1.43 bits per heavy atom. The van der Waals surface area contributed by atoms with Gasteiger partial charge in [0.05, 0.1) is 7.11 Å². The quantitative estimate of drug-likeness (QED) is 0.794. The molecule has 0 saturated carbocycles. The maximum atomic E-state index is 11.9. The number of hydrogen-bond donors (Lipinski definition) is 1. The first-order valence-electron chi connectivity index (χ1n) is 7.28. The number of methoxy groups -OCH3 is 1. The monoisotopic (exact) mass is 316 g/mol. The second kappa shape index (κ2) is 7.98. The number of nitrogens with one attached hydrogen (secondary N) is 1. The van der Waals surface area contributed by atoms with Crippen LogP contribution in [-0.2, 0) is 6.54 Å². The Hall–Kier alpha value is -2.83. The molecule has 0 fully saturated rings. The van der Waals surface area contributed by atoms with Crippen LogP contribution in [-0.4, -0.2) is 41.3 Å². The Kier molecular flexibility index (Phi) is 5.74. The van der Waals surface area contributed by atoms with Crippen molar-refractivity contribution in [3.63, 3.8) is 0 Å². The number of benzene rings is 1. The molecule has 0 aliphatic carbocycles. The zero-order valence-electron chi connectivity index (χ0n) is 13.3. The minimum atomic E-state index is -0.198. The highest BCUT2D eigenvalue weighted by Crippen LogP contribution is 2.20. The molecule has 1 aromatic carbocycles. The van der Waals surface area contributed by atoms with E-state index in [1.807, 2.05) is 31.2 Å². The SMILES string of the molecule is C=CCN(Cc1nc(-c2ccc(OC)cc2)no1)C(=O)NCC. The maximum Gasteiger partial charge on any atom is 0.318 e. The highest BCUT2D eigenvalue weighted by molar-refractivity contribution is 5.74. The van der Waals surface area contributed by atoms with Gasteiger partial charge in [-0.05, 0) is 31.2 Å². The summed E-state index contributed by atoms with van der Waals surface area (Å²) in [5.74, 6) is 1.59. The van der Waals surface area contributed by atoms with Gasteiger partial charge in [-0.2, -0.15) is 4.98 Å². The third-order valence-electron chi connectivity index (χ3n) is 3.11. The lowest BCUT2D eigenvalue weighted by Crippen LogP contribution is -2.39. The van der Waals surface area contributed by atoms with E-state index in [1.54, 1.807) is 18.1 Å². The predicted octanol–water partition coefficient (Wildman–Crippen LogP) is 2.46. The molecular formula is C16H20N4O3. The van der Waals surface area contributed by atoms with E-state index < -0.39 is 0 Å². The van der Waals surface area contributed by atoms with E-state index in [-0.39, 0.29) is 12.6 Å². The first-order chi connectivity index (χ1) is 11.2. The first-order valence-corrected chi connectivity index (χ1v) is 7.28. The van der Waals surface area contributed by atoms with Crippen LogP contribution >= 0.6 is 0 Å². The average Bonchev–Trinajstić information content (AvgIpc) is 3.03. The van der Waals surface area contributed by atoms with E-state index in [1.165, 1.54) is 0 Å². The predicted molar refractivity (Wildman–Crippen MR) is 86.0 cm³/mol. The van der Waals surface area contributed by atoms with Crippen molar-refractivity contribution in [2.75, 3.05) is 20.2 Å². The number of nitrogens with zero attached hydrogens (tertiary/aromatic N) is 3. The molecule has 7 heteroatoms. The van der Waals surface area contributed by atoms with Gasteiger partial charge in [0.2, 0.25) is 11.7 Å². The molecule has 0 radical (unpaired) electrons. The van der Waals surface area contributed by atoms with Crippen molar-refractivity contribution in [1.82, 2.24) is 20.4 Å². The summed E-state index contributed by atoms with van der Waals surface area (Å²) in [6, 6.07) is 7.14. The topological polar surface area (TPSA) is 80.5 Å². The summed E-state index contributed by atoms with van der Waals surface area (Å²) in [5.41, 5.74) is 0.814. The van der Waals surface area contributed by atoms with Gasteiger partial charge in [-0.1, -0.05) is 11.2 Å². The number of ether oxygens (including phenoxy) is 1. The van der Waals surface area contributed by atoms with Crippen molar-refractivity contribution < 1.29 is 14.1 Å². The smallest absolute Gasteiger partial charge is 0.318 e. The Morgan fingerprint density at radius 2 is 2.17 bits per heavy atom. The van der Waals surface area contributed by atoms with Crippen LogP contribution in [0.4, 0.5) is 4.79 Å². The van der Waals surface area contributed by atoms with Crippen LogP contribution in [0.5, 0.6) is 5.75 Å². The number of aromatic nitrogens is 2. The zero-order chi connectivity index (χ0) is 16.7. The fourth-order valence-electron chi connectivity index (χ4n) is 1.98. The van der Waals surface area contributed by atoms with E-state index in [9.17, 15) is 4.79 Å². The molecule has 0 bridgehead atoms. The molecule has 0 spiro atoms. The van der Waals surface area contributed by atoms with Gasteiger partial charge in [0.15, 0.2) is 0 Å². The van der Waals surface area contributed by atoms with Crippen LogP contribution in [0.1, 0.15) is 12.8 Å². The summed E-state index contributed by atoms with van der Waals surface area (Å²) in [5, 5.41) is 6.69. The zero-order valence-corrected chi connectivity index (χ0v) is 13.3. The van der Waals surface area contributed by atoms with Crippen LogP contribution in [0.2, 0.25) is 0 Å². The van der Waals surface area contributed by atoms with E-state index in [2.05, 4.69) is 22.0 Å². The number of hydrogen-bond acceptors (Lipinski definition) is 5. The lowest BCUT2D eigenvalue weighted by atomic mass is 10.2. The van der Waals surface area contributed by atoms with Gasteiger partial charge < -0.3 is 19.5 Å². The fourth-order valence-corrected chi connectivity index (χ4v) is 1.98. The van der Waals surface area contributed by atoms with Gasteiger partial charge in [0.1, 0.15) is 12.3 Å². The van der Waals surface area contributed by atoms with Gasteiger partial charge >= 0.3 is 6.03 Å². The van der Waals surface area contributed by atoms with Crippen LogP contribution in [0.15, 0.2) is 41.4 Å². The normalized spacial score (nSPS) is 10.2. The van der Waals surface area contributed by atoms with Gasteiger partial charge in [-0.25, -0.2) is 4.79 Å². The Labute approximate surface area is 134 Å². The summed E-state index contributed by atoms with van der Waals surface area (Å²) in [6.07, 6.45) is 1.65. The van der Waals surface area contributed by atoms with Crippen LogP contribution in [0, 0.1) is 0 Å². The number of amides is 2. The molecule has 0 atom stereocenters. The van der Waals surface area contributed by atoms with Crippen molar-refractivity contribution in [1.29, 1.82) is 0 Å². The molecular weight excluding hydrogens is 296 g/mol. The minimum absolute atomic E-state index is 0.198. The molecule has 122 valence electrons. The second-order valence-corrected chi connectivity index (χ2v) is 4.74. The number of rotatable bonds is 7. The van der Waals surface area contributed by atoms with E-state index in [4.69, 9.17) is 9.26 Å². The summed E-state index contributed by atoms with van der Waals surface area (Å²) in [4.78, 5) is 17.8. The third-order valence-corrected chi connectivity index (χ3v) is 3.11. The van der Waals surface area contributed by atoms with Crippen molar-refractivity contribution in [2.45, 2.75) is 13.5 Å². The van der Waals surface area contributed by atoms with E-state index >= 15 is 0 Å². The van der Waals surface area contributed by atoms with Gasteiger partial charge in [0.25, 0.3) is 0 Å². The summed E-state index contributed by atoms with van der Waals surface area (Å²) in [7, 11) is 1.61. The molecule has 1 heterocycles. The molecule has 2 aromatic rings. The van der Waals surface area contributed by atoms with Crippen molar-refractivity contribution >= 4 is 6.03 Å². The van der Waals surface area contributed by atoms with E-state index in [0.29, 0.717) is 24.8 Å². The van der Waals surface area contributed by atoms with Crippen molar-refractivity contribution in [3.8, 4) is 17.1 Å². The fraction of sp³-hybridized carbons (Fsp3) is 0.312. The summed E-state index contributed by atoms with van der Waals surface area (Å²) < 4.78 is 10.3. The largest absolute Gasteiger partial charge is 0.497 e. The second-order valence-electron chi connectivity index (χ2n) is 4.74. The molecule has 0 aliphatic rings. The van der Waals surface area contributed by atoms with Gasteiger partial charge in [-0.3, -0.25) is 0 Å². The highest BCUT2D eigenvalue weighted by atomic mass is 16.5. The Balaban J connectivity index is 2.10. The van der Waals surface area contributed by atoms with Crippen LogP contribution < -0.4 is 10.1 Å². The van der Waals surface area contributed by atoms with Crippen molar-refractivity contribution in [2.24, 2.45) is 0 Å². The number of urea groups is 1. The van der Waals surface area contributed by atoms with Gasteiger partial charge in [0, 0.05) is 18.7 Å². The summed E-state index contributed by atoms with van der Waals surface area (Å²) >= 11 is 0. The van der Waals surface area contributed by atoms with Crippen LogP contribution in [0.25, 0.3) is 11.4 Å². The van der Waals surface area contributed by atoms with Crippen LogP contribution in [0.3, 0.4) is 0 Å². The molecule has 1 aromatic heterocycles. The molecule has 0 aliphatic heterocycles. The van der Waals surface area contributed by atoms with Crippen molar-refractivity contribution in [3.05, 3.63) is 42.8 Å². The molecule has 2 amide bonds. The standard InChI is InChI=1S/C16H20N4O3/c1-4-10-20(16(21)17-5-2)11-14-18-15(19-23-14)12-6-8-13(22-3)9-7-12/h4,6-9H,1,5,10-11H2,2-3H3,(H,17,21). The Morgan fingerprint density at radius 3 is 2.78 bits per heavy atom. The highest BCUT2D eigenvalue weighted by Gasteiger charge is 2.16. The third kappa shape index (κ3) is 4.32. The molecule has 0 saturated heterocycles. The van der Waals surface area contributed by atoms with E-state index in [0.717, 1.165) is 11.3 Å². The number of carbonyl (C=O) groups is 1. The molecule has 7 nitrogen and oxygen atoms in total. The van der Waals surface area contributed by atoms with Gasteiger partial charge in [-0.15, -0.1) is 6.58 Å². The maximum absolute atomic E-state index is 11.9.